The van der Waals surface area contributed by atoms with E-state index in [4.69, 9.17) is 5.11 Å². The number of nitrogens with one attached hydrogen (secondary N) is 2. The molecule has 2 heterocycles. The number of sulfonamides is 1. The number of rotatable bonds is 5. The van der Waals surface area contributed by atoms with Crippen LogP contribution in [0.2, 0.25) is 0 Å². The largest absolute Gasteiger partial charge is 0.478 e. The lowest BCUT2D eigenvalue weighted by Gasteiger charge is -2.14. The maximum atomic E-state index is 12.3. The Labute approximate surface area is 113 Å². The normalized spacial score (nSPS) is 11.9. The summed E-state index contributed by atoms with van der Waals surface area (Å²) >= 11 is 0. The lowest BCUT2D eigenvalue weighted by atomic mass is 10.3. The van der Waals surface area contributed by atoms with Gasteiger partial charge in [-0.3, -0.25) is 10.2 Å². The molecule has 108 valence electrons. The van der Waals surface area contributed by atoms with Gasteiger partial charge in [0.15, 0.2) is 0 Å². The van der Waals surface area contributed by atoms with Crippen LogP contribution in [0.1, 0.15) is 21.9 Å². The number of nitrogens with zero attached hydrogens (tertiary/aromatic N) is 4. The van der Waals surface area contributed by atoms with Crippen LogP contribution in [0.15, 0.2) is 11.4 Å². The monoisotopic (exact) mass is 300 g/mol. The van der Waals surface area contributed by atoms with E-state index in [0.29, 0.717) is 5.82 Å². The number of carboxylic acid groups (broad SMARTS) is 1. The maximum Gasteiger partial charge on any atom is 0.340 e. The van der Waals surface area contributed by atoms with Crippen molar-refractivity contribution in [3.05, 3.63) is 23.4 Å². The third-order valence-corrected chi connectivity index (χ3v) is 4.35. The number of carboxylic acids is 1. The Morgan fingerprint density at radius 2 is 2.15 bits per heavy atom. The van der Waals surface area contributed by atoms with Crippen molar-refractivity contribution in [3.8, 4) is 0 Å². The van der Waals surface area contributed by atoms with E-state index in [9.17, 15) is 13.2 Å². The van der Waals surface area contributed by atoms with E-state index in [1.165, 1.54) is 20.3 Å². The zero-order valence-electron chi connectivity index (χ0n) is 10.7. The van der Waals surface area contributed by atoms with Gasteiger partial charge in [-0.1, -0.05) is 0 Å². The van der Waals surface area contributed by atoms with Crippen molar-refractivity contribution < 1.29 is 18.3 Å². The van der Waals surface area contributed by atoms with E-state index in [1.54, 1.807) is 0 Å². The molecular weight excluding hydrogens is 288 g/mol. The average Bonchev–Trinajstić information content (AvgIpc) is 2.98. The first kappa shape index (κ1) is 14.1. The van der Waals surface area contributed by atoms with E-state index in [-0.39, 0.29) is 17.8 Å². The molecule has 2 aromatic heterocycles. The van der Waals surface area contributed by atoms with Crippen LogP contribution in [-0.4, -0.2) is 56.2 Å². The quantitative estimate of drug-likeness (QED) is 0.665. The highest BCUT2D eigenvalue weighted by atomic mass is 32.2. The Morgan fingerprint density at radius 3 is 2.70 bits per heavy atom. The summed E-state index contributed by atoms with van der Waals surface area (Å²) in [6.45, 7) is 1.36. The van der Waals surface area contributed by atoms with Gasteiger partial charge in [0.2, 0.25) is 5.03 Å². The van der Waals surface area contributed by atoms with Gasteiger partial charge in [-0.15, -0.1) is 0 Å². The van der Waals surface area contributed by atoms with Gasteiger partial charge in [0.25, 0.3) is 10.0 Å². The number of hydrogen-bond acceptors (Lipinski definition) is 6. The lowest BCUT2D eigenvalue weighted by Crippen LogP contribution is -2.28. The number of aromatic nitrogens is 5. The van der Waals surface area contributed by atoms with Crippen LogP contribution in [0, 0.1) is 6.92 Å². The first-order valence-electron chi connectivity index (χ1n) is 5.43. The molecule has 0 saturated carbocycles. The molecule has 0 fully saturated rings. The Morgan fingerprint density at radius 1 is 1.45 bits per heavy atom. The highest BCUT2D eigenvalue weighted by molar-refractivity contribution is 7.89. The van der Waals surface area contributed by atoms with Crippen LogP contribution >= 0.6 is 0 Å². The molecule has 3 N–H and O–H groups in total. The van der Waals surface area contributed by atoms with Gasteiger partial charge < -0.3 is 5.11 Å². The van der Waals surface area contributed by atoms with E-state index < -0.39 is 21.0 Å². The van der Waals surface area contributed by atoms with Crippen LogP contribution in [0.3, 0.4) is 0 Å². The fraction of sp³-hybridized carbons (Fsp3) is 0.333. The standard InChI is InChI=1S/C9H12N6O4S/c1-5-7(9(16)17)8(14-12-5)20(18,19)15(2)3-6-10-4-11-13-6/h4H,3H2,1-2H3,(H,12,14)(H,16,17)(H,10,11,13). The molecule has 0 aromatic carbocycles. The van der Waals surface area contributed by atoms with Crippen LogP contribution in [0.4, 0.5) is 0 Å². The summed E-state index contributed by atoms with van der Waals surface area (Å²) in [7, 11) is -2.75. The predicted molar refractivity (Wildman–Crippen MR) is 65.3 cm³/mol. The number of aromatic amines is 2. The minimum atomic E-state index is -4.05. The summed E-state index contributed by atoms with van der Waals surface area (Å²) in [4.78, 5) is 14.9. The number of H-pyrrole nitrogens is 2. The maximum absolute atomic E-state index is 12.3. The van der Waals surface area contributed by atoms with Crippen molar-refractivity contribution in [1.29, 1.82) is 0 Å². The molecular formula is C9H12N6O4S. The second-order valence-electron chi connectivity index (χ2n) is 4.03. The molecule has 0 saturated heterocycles. The minimum absolute atomic E-state index is 0.0761. The molecule has 0 unspecified atom stereocenters. The Hall–Kier alpha value is -2.27. The fourth-order valence-electron chi connectivity index (χ4n) is 1.60. The van der Waals surface area contributed by atoms with Gasteiger partial charge in [-0.05, 0) is 6.92 Å². The highest BCUT2D eigenvalue weighted by Crippen LogP contribution is 2.20. The van der Waals surface area contributed by atoms with Crippen LogP contribution in [0.5, 0.6) is 0 Å². The molecule has 0 amide bonds. The van der Waals surface area contributed by atoms with Crippen LogP contribution in [-0.2, 0) is 16.6 Å². The van der Waals surface area contributed by atoms with Crippen molar-refractivity contribution in [2.45, 2.75) is 18.5 Å². The molecule has 0 aliphatic rings. The molecule has 2 aromatic rings. The third kappa shape index (κ3) is 2.40. The Balaban J connectivity index is 2.38. The zero-order valence-corrected chi connectivity index (χ0v) is 11.5. The second-order valence-corrected chi connectivity index (χ2v) is 5.99. The number of aromatic carboxylic acids is 1. The van der Waals surface area contributed by atoms with Gasteiger partial charge in [0.05, 0.1) is 6.54 Å². The molecule has 0 aliphatic heterocycles. The first-order valence-corrected chi connectivity index (χ1v) is 6.87. The summed E-state index contributed by atoms with van der Waals surface area (Å²) in [5.74, 6) is -1.02. The molecule has 2 rings (SSSR count). The van der Waals surface area contributed by atoms with E-state index >= 15 is 0 Å². The van der Waals surface area contributed by atoms with Gasteiger partial charge in [-0.25, -0.2) is 18.2 Å². The van der Waals surface area contributed by atoms with Crippen molar-refractivity contribution in [1.82, 2.24) is 29.7 Å². The van der Waals surface area contributed by atoms with Crippen molar-refractivity contribution >= 4 is 16.0 Å². The number of carbonyl (C=O) groups is 1. The molecule has 0 radical (unpaired) electrons. The predicted octanol–water partition coefficient (Wildman–Crippen LogP) is -0.645. The molecule has 0 aliphatic carbocycles. The SMILES string of the molecule is Cc1[nH]nc(S(=O)(=O)N(C)Cc2ncn[nH]2)c1C(=O)O. The van der Waals surface area contributed by atoms with Crippen molar-refractivity contribution in [3.63, 3.8) is 0 Å². The Kier molecular flexibility index (Phi) is 3.55. The fourth-order valence-corrected chi connectivity index (χ4v) is 2.84. The second kappa shape index (κ2) is 5.02. The van der Waals surface area contributed by atoms with E-state index in [0.717, 1.165) is 4.31 Å². The molecule has 0 atom stereocenters. The van der Waals surface area contributed by atoms with Gasteiger partial charge in [0.1, 0.15) is 17.7 Å². The number of aryl methyl sites for hydroxylation is 1. The summed E-state index contributed by atoms with van der Waals surface area (Å²) in [5.41, 5.74) is -0.196. The van der Waals surface area contributed by atoms with E-state index in [1.807, 2.05) is 0 Å². The van der Waals surface area contributed by atoms with Gasteiger partial charge >= 0.3 is 5.97 Å². The topological polar surface area (TPSA) is 145 Å². The first-order chi connectivity index (χ1) is 9.34. The summed E-state index contributed by atoms with van der Waals surface area (Å²) in [5, 5.41) is 20.6. The molecule has 20 heavy (non-hydrogen) atoms. The van der Waals surface area contributed by atoms with Crippen molar-refractivity contribution in [2.24, 2.45) is 0 Å². The summed E-state index contributed by atoms with van der Waals surface area (Å²) in [6, 6.07) is 0. The zero-order chi connectivity index (χ0) is 14.9. The average molecular weight is 300 g/mol. The van der Waals surface area contributed by atoms with E-state index in [2.05, 4.69) is 25.4 Å². The Bertz CT molecular complexity index is 720. The van der Waals surface area contributed by atoms with Gasteiger partial charge in [-0.2, -0.15) is 14.5 Å². The minimum Gasteiger partial charge on any atom is -0.478 e. The van der Waals surface area contributed by atoms with Crippen LogP contribution < -0.4 is 0 Å². The highest BCUT2D eigenvalue weighted by Gasteiger charge is 2.31. The number of hydrogen-bond donors (Lipinski definition) is 3. The van der Waals surface area contributed by atoms with Crippen LogP contribution in [0.25, 0.3) is 0 Å². The molecule has 0 bridgehead atoms. The molecule has 11 heteroatoms. The molecule has 0 spiro atoms. The van der Waals surface area contributed by atoms with Gasteiger partial charge in [0, 0.05) is 12.7 Å². The molecule has 10 nitrogen and oxygen atoms in total. The third-order valence-electron chi connectivity index (χ3n) is 2.62. The summed E-state index contributed by atoms with van der Waals surface area (Å²) < 4.78 is 25.6. The lowest BCUT2D eigenvalue weighted by molar-refractivity contribution is 0.0691. The van der Waals surface area contributed by atoms with Crippen molar-refractivity contribution in [2.75, 3.05) is 7.05 Å². The summed E-state index contributed by atoms with van der Waals surface area (Å²) in [6.07, 6.45) is 1.25. The smallest absolute Gasteiger partial charge is 0.340 e.